The first-order valence-corrected chi connectivity index (χ1v) is 9.42. The first kappa shape index (κ1) is 22.3. The second-order valence-electron chi connectivity index (χ2n) is 8.15. The van der Waals surface area contributed by atoms with E-state index in [1.165, 1.54) is 16.9 Å². The summed E-state index contributed by atoms with van der Waals surface area (Å²) in [4.78, 5) is 40.4. The first-order chi connectivity index (χ1) is 13.0. The normalized spacial score (nSPS) is 26.5. The number of carbonyl (C=O) groups excluding carboxylic acids is 3. The third-order valence-electron chi connectivity index (χ3n) is 4.83. The van der Waals surface area contributed by atoms with E-state index in [9.17, 15) is 23.2 Å². The SMILES string of the molecule is COC(=O)[C@@H]1CC[C@@H]2CCN(CC(F)F)C[C@H](NC(=O)OC(C)(C)C)C(=O)N21. The Labute approximate surface area is 163 Å². The molecule has 0 radical (unpaired) electrons. The number of rotatable bonds is 4. The molecule has 10 heteroatoms. The predicted molar refractivity (Wildman–Crippen MR) is 95.9 cm³/mol. The fraction of sp³-hybridized carbons (Fsp3) is 0.833. The lowest BCUT2D eigenvalue weighted by atomic mass is 10.1. The van der Waals surface area contributed by atoms with Crippen molar-refractivity contribution in [3.8, 4) is 0 Å². The van der Waals surface area contributed by atoms with E-state index < -0.39 is 48.6 Å². The van der Waals surface area contributed by atoms with E-state index >= 15 is 0 Å². The monoisotopic (exact) mass is 405 g/mol. The van der Waals surface area contributed by atoms with Crippen LogP contribution in [-0.4, -0.2) is 84.7 Å². The van der Waals surface area contributed by atoms with Gasteiger partial charge in [-0.25, -0.2) is 18.4 Å². The molecule has 2 amide bonds. The largest absolute Gasteiger partial charge is 0.467 e. The number of nitrogens with one attached hydrogen (secondary N) is 1. The zero-order chi connectivity index (χ0) is 21.1. The van der Waals surface area contributed by atoms with Gasteiger partial charge < -0.3 is 19.7 Å². The van der Waals surface area contributed by atoms with Crippen LogP contribution >= 0.6 is 0 Å². The van der Waals surface area contributed by atoms with Gasteiger partial charge in [0.25, 0.3) is 6.43 Å². The van der Waals surface area contributed by atoms with Crippen LogP contribution in [0.3, 0.4) is 0 Å². The quantitative estimate of drug-likeness (QED) is 0.711. The van der Waals surface area contributed by atoms with Gasteiger partial charge in [-0.3, -0.25) is 9.69 Å². The summed E-state index contributed by atoms with van der Waals surface area (Å²) in [6, 6.07) is -2.09. The molecule has 0 unspecified atom stereocenters. The number of carbonyl (C=O) groups is 3. The van der Waals surface area contributed by atoms with Crippen molar-refractivity contribution in [3.63, 3.8) is 0 Å². The number of alkyl carbamates (subject to hydrolysis) is 1. The summed E-state index contributed by atoms with van der Waals surface area (Å²) in [5.74, 6) is -1.00. The van der Waals surface area contributed by atoms with Crippen LogP contribution in [0.4, 0.5) is 13.6 Å². The van der Waals surface area contributed by atoms with Crippen molar-refractivity contribution in [3.05, 3.63) is 0 Å². The minimum Gasteiger partial charge on any atom is -0.467 e. The van der Waals surface area contributed by atoms with E-state index in [2.05, 4.69) is 5.32 Å². The molecule has 0 aliphatic carbocycles. The molecule has 0 spiro atoms. The van der Waals surface area contributed by atoms with Crippen LogP contribution < -0.4 is 5.32 Å². The predicted octanol–water partition coefficient (Wildman–Crippen LogP) is 1.38. The molecule has 2 saturated heterocycles. The fourth-order valence-electron chi connectivity index (χ4n) is 3.72. The Balaban J connectivity index is 2.24. The van der Waals surface area contributed by atoms with Crippen molar-refractivity contribution in [2.75, 3.05) is 26.7 Å². The molecule has 0 aromatic carbocycles. The maximum absolute atomic E-state index is 13.2. The number of methoxy groups -OCH3 is 1. The number of halogens is 2. The number of amides is 2. The van der Waals surface area contributed by atoms with Gasteiger partial charge in [0.2, 0.25) is 5.91 Å². The summed E-state index contributed by atoms with van der Waals surface area (Å²) in [5, 5.41) is 2.50. The number of nitrogens with zero attached hydrogens (tertiary/aromatic N) is 2. The minimum atomic E-state index is -2.56. The molecule has 0 aromatic heterocycles. The minimum absolute atomic E-state index is 0.0838. The average Bonchev–Trinajstić information content (AvgIpc) is 2.98. The highest BCUT2D eigenvalue weighted by molar-refractivity contribution is 5.90. The van der Waals surface area contributed by atoms with Gasteiger partial charge in [-0.15, -0.1) is 0 Å². The summed E-state index contributed by atoms with van der Waals surface area (Å²) >= 11 is 0. The highest BCUT2D eigenvalue weighted by Gasteiger charge is 2.45. The summed E-state index contributed by atoms with van der Waals surface area (Å²) in [6.45, 7) is 4.80. The summed E-state index contributed by atoms with van der Waals surface area (Å²) in [7, 11) is 1.25. The van der Waals surface area contributed by atoms with E-state index in [1.54, 1.807) is 20.8 Å². The van der Waals surface area contributed by atoms with Crippen LogP contribution in [0.25, 0.3) is 0 Å². The number of hydrogen-bond donors (Lipinski definition) is 1. The van der Waals surface area contributed by atoms with Crippen molar-refractivity contribution >= 4 is 18.0 Å². The van der Waals surface area contributed by atoms with Crippen LogP contribution in [0.5, 0.6) is 0 Å². The van der Waals surface area contributed by atoms with E-state index in [0.717, 1.165) is 0 Å². The zero-order valence-electron chi connectivity index (χ0n) is 16.7. The molecule has 28 heavy (non-hydrogen) atoms. The van der Waals surface area contributed by atoms with Gasteiger partial charge in [0, 0.05) is 19.1 Å². The molecule has 1 N–H and O–H groups in total. The van der Waals surface area contributed by atoms with Gasteiger partial charge in [0.15, 0.2) is 0 Å². The Kier molecular flexibility index (Phi) is 7.19. The lowest BCUT2D eigenvalue weighted by molar-refractivity contribution is -0.154. The molecule has 160 valence electrons. The third kappa shape index (κ3) is 5.76. The molecule has 0 bridgehead atoms. The smallest absolute Gasteiger partial charge is 0.408 e. The van der Waals surface area contributed by atoms with Crippen molar-refractivity contribution in [2.24, 2.45) is 0 Å². The number of fused-ring (bicyclic) bond motifs is 1. The van der Waals surface area contributed by atoms with Gasteiger partial charge >= 0.3 is 12.1 Å². The van der Waals surface area contributed by atoms with Gasteiger partial charge in [-0.2, -0.15) is 0 Å². The Morgan fingerprint density at radius 3 is 2.50 bits per heavy atom. The Morgan fingerprint density at radius 1 is 1.25 bits per heavy atom. The van der Waals surface area contributed by atoms with Crippen molar-refractivity contribution in [2.45, 2.75) is 70.2 Å². The number of ether oxygens (including phenoxy) is 2. The molecule has 0 aromatic rings. The maximum Gasteiger partial charge on any atom is 0.408 e. The second-order valence-corrected chi connectivity index (χ2v) is 8.15. The van der Waals surface area contributed by atoms with Crippen LogP contribution in [0.15, 0.2) is 0 Å². The van der Waals surface area contributed by atoms with Crippen LogP contribution in [0.1, 0.15) is 40.0 Å². The maximum atomic E-state index is 13.2. The molecule has 2 heterocycles. The second kappa shape index (κ2) is 9.02. The standard InChI is InChI=1S/C18H29F2N3O5/c1-18(2,3)28-17(26)21-12-9-22(10-14(19)20)8-7-11-5-6-13(16(25)27-4)23(11)15(12)24/h11-14H,5-10H2,1-4H3,(H,21,26)/t11-,12+,13+/m1/s1. The Bertz CT molecular complexity index is 596. The third-order valence-corrected chi connectivity index (χ3v) is 4.83. The molecule has 2 aliphatic heterocycles. The van der Waals surface area contributed by atoms with Gasteiger partial charge in [0.1, 0.15) is 17.7 Å². The molecule has 2 aliphatic rings. The van der Waals surface area contributed by atoms with Crippen LogP contribution in [0.2, 0.25) is 0 Å². The zero-order valence-corrected chi connectivity index (χ0v) is 16.7. The summed E-state index contributed by atoms with van der Waals surface area (Å²) in [6.07, 6.45) is -1.87. The average molecular weight is 405 g/mol. The lowest BCUT2D eigenvalue weighted by Crippen LogP contribution is -2.60. The van der Waals surface area contributed by atoms with Crippen molar-refractivity contribution < 1.29 is 32.6 Å². The molecule has 3 atom stereocenters. The molecule has 2 rings (SSSR count). The Morgan fingerprint density at radius 2 is 1.93 bits per heavy atom. The van der Waals surface area contributed by atoms with Crippen molar-refractivity contribution in [1.29, 1.82) is 0 Å². The molecular weight excluding hydrogens is 376 g/mol. The number of hydrogen-bond acceptors (Lipinski definition) is 6. The topological polar surface area (TPSA) is 88.2 Å². The molecule has 0 saturated carbocycles. The van der Waals surface area contributed by atoms with Gasteiger partial charge in [0.05, 0.1) is 13.7 Å². The number of alkyl halides is 2. The van der Waals surface area contributed by atoms with Crippen LogP contribution in [-0.2, 0) is 19.1 Å². The molecule has 8 nitrogen and oxygen atoms in total. The first-order valence-electron chi connectivity index (χ1n) is 9.42. The van der Waals surface area contributed by atoms with Crippen LogP contribution in [0, 0.1) is 0 Å². The summed E-state index contributed by atoms with van der Waals surface area (Å²) < 4.78 is 35.9. The van der Waals surface area contributed by atoms with Gasteiger partial charge in [-0.1, -0.05) is 0 Å². The lowest BCUT2D eigenvalue weighted by Gasteiger charge is -2.38. The van der Waals surface area contributed by atoms with E-state index in [0.29, 0.717) is 25.8 Å². The highest BCUT2D eigenvalue weighted by Crippen LogP contribution is 2.30. The highest BCUT2D eigenvalue weighted by atomic mass is 19.3. The van der Waals surface area contributed by atoms with E-state index in [1.807, 2.05) is 0 Å². The Hall–Kier alpha value is -1.97. The molecular formula is C18H29F2N3O5. The van der Waals surface area contributed by atoms with Crippen molar-refractivity contribution in [1.82, 2.24) is 15.1 Å². The fourth-order valence-corrected chi connectivity index (χ4v) is 3.72. The van der Waals surface area contributed by atoms with E-state index in [4.69, 9.17) is 9.47 Å². The van der Waals surface area contributed by atoms with E-state index in [-0.39, 0.29) is 12.6 Å². The number of esters is 1. The summed E-state index contributed by atoms with van der Waals surface area (Å²) in [5.41, 5.74) is -0.776. The molecule has 2 fully saturated rings. The van der Waals surface area contributed by atoms with Gasteiger partial charge in [-0.05, 0) is 40.0 Å².